The molecule has 304 valence electrons. The number of nitrogens with zero attached hydrogens (tertiary/aromatic N) is 7. The summed E-state index contributed by atoms with van der Waals surface area (Å²) in [6, 6.07) is 11.6. The van der Waals surface area contributed by atoms with E-state index < -0.39 is 17.6 Å². The molecular formula is C40H39Cl2N11O6. The molecule has 5 aromatic rings. The lowest BCUT2D eigenvalue weighted by atomic mass is 10.1. The first-order chi connectivity index (χ1) is 28.2. The number of amides is 5. The Labute approximate surface area is 347 Å². The van der Waals surface area contributed by atoms with Gasteiger partial charge < -0.3 is 15.4 Å². The van der Waals surface area contributed by atoms with Crippen LogP contribution in [0.5, 0.6) is 0 Å². The van der Waals surface area contributed by atoms with Crippen LogP contribution < -0.4 is 26.2 Å². The number of ether oxygens (including phenoxy) is 1. The zero-order valence-electron chi connectivity index (χ0n) is 32.2. The fourth-order valence-corrected chi connectivity index (χ4v) is 6.84. The van der Waals surface area contributed by atoms with E-state index in [0.29, 0.717) is 62.8 Å². The molecule has 2 aliphatic carbocycles. The lowest BCUT2D eigenvalue weighted by Gasteiger charge is -2.27. The smallest absolute Gasteiger partial charge is 0.416 e. The van der Waals surface area contributed by atoms with Crippen LogP contribution in [0.2, 0.25) is 10.2 Å². The van der Waals surface area contributed by atoms with E-state index >= 15 is 0 Å². The van der Waals surface area contributed by atoms with Crippen LogP contribution in [-0.2, 0) is 30.5 Å². The van der Waals surface area contributed by atoms with E-state index in [0.717, 1.165) is 37.1 Å². The predicted molar refractivity (Wildman–Crippen MR) is 220 cm³/mol. The molecule has 0 spiro atoms. The zero-order chi connectivity index (χ0) is 41.6. The number of fused-ring (bicyclic) bond motifs is 2. The van der Waals surface area contributed by atoms with Gasteiger partial charge in [-0.15, -0.1) is 0 Å². The molecule has 2 saturated carbocycles. The number of hydrogen-bond donors (Lipinski definition) is 4. The molecule has 19 heteroatoms. The molecule has 5 amide bonds. The van der Waals surface area contributed by atoms with Gasteiger partial charge in [0.15, 0.2) is 11.3 Å². The number of carbonyl (C=O) groups is 5. The van der Waals surface area contributed by atoms with Crippen molar-refractivity contribution in [3.05, 3.63) is 86.8 Å². The van der Waals surface area contributed by atoms with E-state index in [1.807, 2.05) is 30.3 Å². The number of hydrogen-bond acceptors (Lipinski definition) is 12. The van der Waals surface area contributed by atoms with E-state index in [9.17, 15) is 24.0 Å². The third-order valence-corrected chi connectivity index (χ3v) is 9.87. The minimum absolute atomic E-state index is 0.00393. The summed E-state index contributed by atoms with van der Waals surface area (Å²) in [5.74, 6) is 0.486. The van der Waals surface area contributed by atoms with Gasteiger partial charge in [-0.3, -0.25) is 34.7 Å². The SMILES string of the molecule is CC(C)(C)OC(=O)N(c1cc(Cl)nc2c(/C=C3\CC(=O)NC3=O)cnn12)C1CC1.O=C1C/C(=C\c2cnn3c(NC4CC4)cc(NCc4cccc(Cl)c4)nc23)C(=O)N1. The molecular weight excluding hydrogens is 801 g/mol. The highest BCUT2D eigenvalue weighted by atomic mass is 35.5. The summed E-state index contributed by atoms with van der Waals surface area (Å²) in [7, 11) is 0. The molecule has 17 nitrogen and oxygen atoms in total. The number of nitrogens with one attached hydrogen (secondary N) is 4. The molecule has 4 aliphatic rings. The maximum absolute atomic E-state index is 12.9. The summed E-state index contributed by atoms with van der Waals surface area (Å²) < 4.78 is 8.79. The Morgan fingerprint density at radius 2 is 1.51 bits per heavy atom. The third kappa shape index (κ3) is 9.21. The summed E-state index contributed by atoms with van der Waals surface area (Å²) in [5.41, 5.74) is 3.30. The van der Waals surface area contributed by atoms with Crippen LogP contribution in [0.15, 0.2) is 59.9 Å². The highest BCUT2D eigenvalue weighted by molar-refractivity contribution is 6.30. The molecule has 4 aromatic heterocycles. The normalized spacial score (nSPS) is 18.0. The zero-order valence-corrected chi connectivity index (χ0v) is 33.7. The van der Waals surface area contributed by atoms with Crippen LogP contribution in [0.3, 0.4) is 0 Å². The molecule has 59 heavy (non-hydrogen) atoms. The Kier molecular flexibility index (Phi) is 10.6. The van der Waals surface area contributed by atoms with Crippen LogP contribution in [0.25, 0.3) is 23.4 Å². The van der Waals surface area contributed by atoms with Gasteiger partial charge in [0, 0.05) is 58.1 Å². The van der Waals surface area contributed by atoms with Crippen LogP contribution in [0.4, 0.5) is 22.2 Å². The van der Waals surface area contributed by atoms with Gasteiger partial charge in [-0.05, 0) is 76.3 Å². The molecule has 4 N–H and O–H groups in total. The average molecular weight is 841 g/mol. The summed E-state index contributed by atoms with van der Waals surface area (Å²) in [5, 5.41) is 21.0. The van der Waals surface area contributed by atoms with Crippen molar-refractivity contribution >= 4 is 93.8 Å². The van der Waals surface area contributed by atoms with Gasteiger partial charge in [0.05, 0.1) is 25.2 Å². The summed E-state index contributed by atoms with van der Waals surface area (Å²) in [6.45, 7) is 5.97. The van der Waals surface area contributed by atoms with Crippen molar-refractivity contribution in [1.82, 2.24) is 39.8 Å². The molecule has 9 rings (SSSR count). The van der Waals surface area contributed by atoms with Crippen LogP contribution >= 0.6 is 23.2 Å². The van der Waals surface area contributed by atoms with E-state index in [2.05, 4.69) is 36.4 Å². The first-order valence-corrected chi connectivity index (χ1v) is 19.7. The van der Waals surface area contributed by atoms with Crippen molar-refractivity contribution in [2.45, 2.75) is 83.5 Å². The molecule has 1 aromatic carbocycles. The second kappa shape index (κ2) is 15.8. The van der Waals surface area contributed by atoms with Crippen molar-refractivity contribution in [2.24, 2.45) is 0 Å². The molecule has 0 radical (unpaired) electrons. The largest absolute Gasteiger partial charge is 0.443 e. The predicted octanol–water partition coefficient (Wildman–Crippen LogP) is 5.72. The van der Waals surface area contributed by atoms with E-state index in [4.69, 9.17) is 32.9 Å². The second-order valence-corrected chi connectivity index (χ2v) is 16.4. The van der Waals surface area contributed by atoms with E-state index in [1.165, 1.54) is 10.7 Å². The molecule has 2 aliphatic heterocycles. The summed E-state index contributed by atoms with van der Waals surface area (Å²) >= 11 is 12.3. The van der Waals surface area contributed by atoms with Crippen molar-refractivity contribution < 1.29 is 28.7 Å². The molecule has 0 bridgehead atoms. The third-order valence-electron chi connectivity index (χ3n) is 9.44. The Hall–Kier alpha value is -6.33. The number of benzene rings is 1. The van der Waals surface area contributed by atoms with Gasteiger partial charge in [-0.2, -0.15) is 19.2 Å². The molecule has 0 atom stereocenters. The molecule has 0 unspecified atom stereocenters. The fourth-order valence-electron chi connectivity index (χ4n) is 6.45. The van der Waals surface area contributed by atoms with Crippen LogP contribution in [0, 0.1) is 0 Å². The molecule has 4 fully saturated rings. The minimum atomic E-state index is -0.651. The highest BCUT2D eigenvalue weighted by Gasteiger charge is 2.38. The van der Waals surface area contributed by atoms with Gasteiger partial charge in [0.25, 0.3) is 11.8 Å². The topological polar surface area (TPSA) is 206 Å². The lowest BCUT2D eigenvalue weighted by Crippen LogP contribution is -2.39. The van der Waals surface area contributed by atoms with Gasteiger partial charge in [0.2, 0.25) is 11.8 Å². The van der Waals surface area contributed by atoms with Crippen LogP contribution in [0.1, 0.15) is 76.0 Å². The Balaban J connectivity index is 0.000000164. The van der Waals surface area contributed by atoms with Gasteiger partial charge in [-0.25, -0.2) is 14.8 Å². The van der Waals surface area contributed by atoms with Crippen molar-refractivity contribution in [2.75, 3.05) is 15.5 Å². The monoisotopic (exact) mass is 839 g/mol. The summed E-state index contributed by atoms with van der Waals surface area (Å²) in [6.07, 6.45) is 9.93. The number of anilines is 3. The van der Waals surface area contributed by atoms with Gasteiger partial charge in [-0.1, -0.05) is 35.3 Å². The highest BCUT2D eigenvalue weighted by Crippen LogP contribution is 2.35. The number of rotatable bonds is 9. The first kappa shape index (κ1) is 39.5. The first-order valence-electron chi connectivity index (χ1n) is 19.0. The van der Waals surface area contributed by atoms with Crippen LogP contribution in [-0.4, -0.2) is 76.6 Å². The lowest BCUT2D eigenvalue weighted by molar-refractivity contribution is -0.125. The standard InChI is InChI=1S/C21H19ClN6O2.C19H20ClN5O4/c22-15-3-1-2-12(6-15)10-23-17-9-18(25-16-4-5-16)28-20(26-17)14(11-24-28)7-13-8-19(29)27-21(13)30;1-19(2,3)29-18(28)24(12-4-5-12)15-8-13(20)22-16-11(9-21-25(15)16)6-10-7-14(26)23-17(10)27/h1-3,6-7,9,11,16,25H,4-5,8,10H2,(H,23,26)(H,27,29,30);6,8-9,12H,4-5,7H2,1-3H3,(H,23,26,27)/b13-7+;10-6+. The number of carbonyl (C=O) groups excluding carboxylic acids is 5. The quantitative estimate of drug-likeness (QED) is 0.0800. The molecule has 6 heterocycles. The number of aromatic nitrogens is 6. The average Bonchev–Trinajstić information content (AvgIpc) is 4.03. The maximum Gasteiger partial charge on any atom is 0.416 e. The molecule has 2 saturated heterocycles. The van der Waals surface area contributed by atoms with Crippen molar-refractivity contribution in [3.8, 4) is 0 Å². The second-order valence-electron chi connectivity index (χ2n) is 15.6. The summed E-state index contributed by atoms with van der Waals surface area (Å²) in [4.78, 5) is 70.1. The van der Waals surface area contributed by atoms with Crippen molar-refractivity contribution in [1.29, 1.82) is 0 Å². The Morgan fingerprint density at radius 3 is 2.07 bits per heavy atom. The van der Waals surface area contributed by atoms with E-state index in [1.54, 1.807) is 54.6 Å². The Morgan fingerprint density at radius 1 is 0.881 bits per heavy atom. The van der Waals surface area contributed by atoms with Gasteiger partial charge >= 0.3 is 6.09 Å². The number of imide groups is 2. The fraction of sp³-hybridized carbons (Fsp3) is 0.325. The minimum Gasteiger partial charge on any atom is -0.443 e. The maximum atomic E-state index is 12.9. The van der Waals surface area contributed by atoms with E-state index in [-0.39, 0.29) is 41.8 Å². The van der Waals surface area contributed by atoms with Crippen molar-refractivity contribution in [3.63, 3.8) is 0 Å². The Bertz CT molecular complexity index is 2620. The van der Waals surface area contributed by atoms with Gasteiger partial charge in [0.1, 0.15) is 28.2 Å². The number of halogens is 2.